The second-order valence-corrected chi connectivity index (χ2v) is 11.8. The molecule has 4 fully saturated rings. The number of carbonyl (C=O) groups excluding carboxylic acids is 1. The van der Waals surface area contributed by atoms with E-state index in [4.69, 9.17) is 0 Å². The smallest absolute Gasteiger partial charge is 0.254 e. The fourth-order valence-corrected chi connectivity index (χ4v) is 6.01. The number of carbonyl (C=O) groups is 1. The van der Waals surface area contributed by atoms with Gasteiger partial charge in [0.1, 0.15) is 6.07 Å². The Labute approximate surface area is 210 Å². The van der Waals surface area contributed by atoms with Crippen LogP contribution in [-0.2, 0) is 0 Å². The van der Waals surface area contributed by atoms with Crippen LogP contribution in [0.2, 0.25) is 0 Å². The lowest BCUT2D eigenvalue weighted by Crippen LogP contribution is -2.54. The number of nitrogens with zero attached hydrogens (tertiary/aromatic N) is 4. The first-order valence-electron chi connectivity index (χ1n) is 12.9. The number of fused-ring (bicyclic) bond motifs is 4. The van der Waals surface area contributed by atoms with Crippen LogP contribution in [0, 0.1) is 22.7 Å². The normalized spacial score (nSPS) is 28.0. The third-order valence-corrected chi connectivity index (χ3v) is 8.87. The molecule has 4 aliphatic carbocycles. The molecule has 3 aromatic rings. The van der Waals surface area contributed by atoms with Gasteiger partial charge in [-0.05, 0) is 80.5 Å². The van der Waals surface area contributed by atoms with Crippen LogP contribution in [0.3, 0.4) is 0 Å². The van der Waals surface area contributed by atoms with Gasteiger partial charge in [-0.25, -0.2) is 4.52 Å². The highest BCUT2D eigenvalue weighted by atomic mass is 16.3. The van der Waals surface area contributed by atoms with Crippen molar-refractivity contribution in [2.24, 2.45) is 11.3 Å². The standard InChI is InChI=1S/C28H32N6O2/c1-26(2)13-19(26)16-31-25(35)21-17-30-23(24-4-3-20-11-18(14-29)15-32-34(20)24)12-22(21)33-27-5-8-28(36,9-6-27)10-7-27/h3-4,11-12,15,17,19,36H,5-10,13,16H2,1-2H3,(H,30,33)(H,31,35). The van der Waals surface area contributed by atoms with Crippen molar-refractivity contribution in [3.05, 3.63) is 47.8 Å². The largest absolute Gasteiger partial charge is 0.390 e. The summed E-state index contributed by atoms with van der Waals surface area (Å²) in [4.78, 5) is 18.0. The summed E-state index contributed by atoms with van der Waals surface area (Å²) in [7, 11) is 0. The molecular formula is C28H32N6O2. The van der Waals surface area contributed by atoms with Gasteiger partial charge in [0, 0.05) is 18.3 Å². The Morgan fingerprint density at radius 3 is 2.56 bits per heavy atom. The van der Waals surface area contributed by atoms with Gasteiger partial charge in [-0.2, -0.15) is 10.4 Å². The SMILES string of the molecule is CC1(C)CC1CNC(=O)c1cnc(-c2ccc3cc(C#N)cnn23)cc1NC12CCC(O)(CC1)CC2. The van der Waals surface area contributed by atoms with E-state index in [9.17, 15) is 15.2 Å². The maximum atomic E-state index is 13.3. The lowest BCUT2D eigenvalue weighted by atomic mass is 9.63. The molecule has 0 aromatic carbocycles. The number of pyridine rings is 1. The zero-order valence-corrected chi connectivity index (χ0v) is 20.8. The minimum atomic E-state index is -0.525. The maximum absolute atomic E-state index is 13.3. The fourth-order valence-electron chi connectivity index (χ4n) is 6.01. The van der Waals surface area contributed by atoms with Crippen LogP contribution in [0.25, 0.3) is 16.9 Å². The van der Waals surface area contributed by atoms with Crippen molar-refractivity contribution in [3.63, 3.8) is 0 Å². The average Bonchev–Trinajstić information content (AvgIpc) is 3.28. The molecule has 1 atom stereocenters. The second kappa shape index (κ2) is 8.04. The molecule has 3 aromatic heterocycles. The Morgan fingerprint density at radius 2 is 1.89 bits per heavy atom. The van der Waals surface area contributed by atoms with Crippen molar-refractivity contribution in [1.29, 1.82) is 5.26 Å². The molecule has 0 aliphatic heterocycles. The molecule has 3 N–H and O–H groups in total. The van der Waals surface area contributed by atoms with Gasteiger partial charge < -0.3 is 15.7 Å². The van der Waals surface area contributed by atoms with Crippen LogP contribution in [0.4, 0.5) is 5.69 Å². The molecule has 2 bridgehead atoms. The number of nitriles is 1. The number of nitrogens with one attached hydrogen (secondary N) is 2. The second-order valence-electron chi connectivity index (χ2n) is 11.8. The van der Waals surface area contributed by atoms with E-state index in [-0.39, 0.29) is 11.4 Å². The predicted molar refractivity (Wildman–Crippen MR) is 136 cm³/mol. The first-order chi connectivity index (χ1) is 17.2. The molecular weight excluding hydrogens is 452 g/mol. The molecule has 3 heterocycles. The lowest BCUT2D eigenvalue weighted by molar-refractivity contribution is -0.0580. The molecule has 4 saturated carbocycles. The van der Waals surface area contributed by atoms with E-state index in [2.05, 4.69) is 40.6 Å². The molecule has 36 heavy (non-hydrogen) atoms. The van der Waals surface area contributed by atoms with E-state index in [0.717, 1.165) is 61.8 Å². The van der Waals surface area contributed by atoms with Gasteiger partial charge in [0.2, 0.25) is 0 Å². The summed E-state index contributed by atoms with van der Waals surface area (Å²) in [6, 6.07) is 9.71. The molecule has 186 valence electrons. The summed E-state index contributed by atoms with van der Waals surface area (Å²) in [6.45, 7) is 5.13. The van der Waals surface area contributed by atoms with E-state index < -0.39 is 5.60 Å². The third kappa shape index (κ3) is 4.01. The quantitative estimate of drug-likeness (QED) is 0.481. The highest BCUT2D eigenvalue weighted by molar-refractivity contribution is 6.00. The monoisotopic (exact) mass is 484 g/mol. The first-order valence-corrected chi connectivity index (χ1v) is 12.9. The van der Waals surface area contributed by atoms with Crippen LogP contribution in [0.5, 0.6) is 0 Å². The minimum absolute atomic E-state index is 0.115. The molecule has 1 unspecified atom stereocenters. The molecule has 0 saturated heterocycles. The molecule has 0 spiro atoms. The summed E-state index contributed by atoms with van der Waals surface area (Å²) in [6.07, 6.45) is 9.32. The molecule has 1 amide bonds. The Morgan fingerprint density at radius 1 is 1.17 bits per heavy atom. The molecule has 7 rings (SSSR count). The number of aliphatic hydroxyl groups is 1. The summed E-state index contributed by atoms with van der Waals surface area (Å²) in [5.74, 6) is 0.394. The topological polar surface area (TPSA) is 115 Å². The maximum Gasteiger partial charge on any atom is 0.254 e. The van der Waals surface area contributed by atoms with E-state index in [1.165, 1.54) is 0 Å². The molecule has 8 heteroatoms. The van der Waals surface area contributed by atoms with Crippen LogP contribution < -0.4 is 10.6 Å². The van der Waals surface area contributed by atoms with Gasteiger partial charge in [0.25, 0.3) is 5.91 Å². The summed E-state index contributed by atoms with van der Waals surface area (Å²) >= 11 is 0. The van der Waals surface area contributed by atoms with Gasteiger partial charge >= 0.3 is 0 Å². The van der Waals surface area contributed by atoms with Crippen molar-refractivity contribution >= 4 is 17.1 Å². The average molecular weight is 485 g/mol. The Kier molecular flexibility index (Phi) is 5.13. The van der Waals surface area contributed by atoms with Crippen LogP contribution in [-0.4, -0.2) is 43.3 Å². The highest BCUT2D eigenvalue weighted by Crippen LogP contribution is 2.51. The number of anilines is 1. The number of aromatic nitrogens is 3. The number of amides is 1. The van der Waals surface area contributed by atoms with E-state index in [0.29, 0.717) is 34.7 Å². The zero-order valence-electron chi connectivity index (χ0n) is 20.8. The lowest BCUT2D eigenvalue weighted by Gasteiger charge is -2.51. The van der Waals surface area contributed by atoms with Crippen molar-refractivity contribution in [3.8, 4) is 17.5 Å². The highest BCUT2D eigenvalue weighted by Gasteiger charge is 2.48. The van der Waals surface area contributed by atoms with Crippen molar-refractivity contribution in [2.45, 2.75) is 69.9 Å². The fraction of sp³-hybridized carbons (Fsp3) is 0.500. The summed E-state index contributed by atoms with van der Waals surface area (Å²) in [5, 5.41) is 31.2. The Balaban J connectivity index is 1.34. The van der Waals surface area contributed by atoms with Crippen LogP contribution in [0.1, 0.15) is 74.7 Å². The zero-order chi connectivity index (χ0) is 25.1. The number of rotatable bonds is 6. The third-order valence-electron chi connectivity index (χ3n) is 8.87. The van der Waals surface area contributed by atoms with Gasteiger partial charge in [-0.3, -0.25) is 9.78 Å². The van der Waals surface area contributed by atoms with Gasteiger partial charge in [0.15, 0.2) is 0 Å². The summed E-state index contributed by atoms with van der Waals surface area (Å²) < 4.78 is 1.77. The number of hydrogen-bond donors (Lipinski definition) is 3. The molecule has 0 radical (unpaired) electrons. The van der Waals surface area contributed by atoms with E-state index in [1.807, 2.05) is 18.2 Å². The van der Waals surface area contributed by atoms with Crippen molar-refractivity contribution < 1.29 is 9.90 Å². The van der Waals surface area contributed by atoms with Gasteiger partial charge in [0.05, 0.1) is 45.5 Å². The van der Waals surface area contributed by atoms with Gasteiger partial charge in [-0.15, -0.1) is 0 Å². The minimum Gasteiger partial charge on any atom is -0.390 e. The summed E-state index contributed by atoms with van der Waals surface area (Å²) in [5.41, 5.74) is 3.76. The van der Waals surface area contributed by atoms with Crippen molar-refractivity contribution in [1.82, 2.24) is 19.9 Å². The molecule has 4 aliphatic rings. The van der Waals surface area contributed by atoms with Crippen LogP contribution >= 0.6 is 0 Å². The van der Waals surface area contributed by atoms with E-state index >= 15 is 0 Å². The Bertz CT molecular complexity index is 1380. The van der Waals surface area contributed by atoms with Crippen molar-refractivity contribution in [2.75, 3.05) is 11.9 Å². The number of hydrogen-bond acceptors (Lipinski definition) is 6. The van der Waals surface area contributed by atoms with E-state index in [1.54, 1.807) is 23.0 Å². The van der Waals surface area contributed by atoms with Crippen LogP contribution in [0.15, 0.2) is 36.7 Å². The van der Waals surface area contributed by atoms with Gasteiger partial charge in [-0.1, -0.05) is 13.8 Å². The molecule has 8 nitrogen and oxygen atoms in total. The predicted octanol–water partition coefficient (Wildman–Crippen LogP) is 4.29. The first kappa shape index (κ1) is 23.0. The Hall–Kier alpha value is -3.44.